The molecule has 1 N–H and O–H groups in total. The second-order valence-electron chi connectivity index (χ2n) is 5.64. The van der Waals surface area contributed by atoms with Gasteiger partial charge in [-0.3, -0.25) is 4.79 Å². The van der Waals surface area contributed by atoms with Crippen LogP contribution in [0.25, 0.3) is 5.65 Å². The van der Waals surface area contributed by atoms with Crippen LogP contribution in [-0.4, -0.2) is 29.0 Å². The van der Waals surface area contributed by atoms with Crippen molar-refractivity contribution in [2.75, 3.05) is 7.11 Å². The first kappa shape index (κ1) is 17.7. The van der Waals surface area contributed by atoms with E-state index in [1.807, 2.05) is 25.3 Å². The number of hydrogen-bond acceptors (Lipinski definition) is 4. The smallest absolute Gasteiger partial charge is 0.387 e. The molecule has 0 aliphatic carbocycles. The molecule has 3 rings (SSSR count). The number of nitrogens with zero attached hydrogens (tertiary/aromatic N) is 2. The molecular weight excluding hydrogens is 344 g/mol. The molecule has 8 heteroatoms. The van der Waals surface area contributed by atoms with Crippen LogP contribution in [0.3, 0.4) is 0 Å². The van der Waals surface area contributed by atoms with Crippen molar-refractivity contribution in [2.24, 2.45) is 0 Å². The Morgan fingerprint density at radius 1 is 1.27 bits per heavy atom. The van der Waals surface area contributed by atoms with E-state index in [9.17, 15) is 13.6 Å². The minimum Gasteiger partial charge on any atom is -0.493 e. The number of rotatable bonds is 6. The van der Waals surface area contributed by atoms with Crippen molar-refractivity contribution in [3.8, 4) is 11.5 Å². The van der Waals surface area contributed by atoms with E-state index >= 15 is 0 Å². The van der Waals surface area contributed by atoms with Gasteiger partial charge in [0.25, 0.3) is 5.91 Å². The number of aryl methyl sites for hydroxylation is 1. The lowest BCUT2D eigenvalue weighted by Gasteiger charge is -2.11. The Labute approximate surface area is 148 Å². The molecule has 0 radical (unpaired) electrons. The molecule has 0 unspecified atom stereocenters. The number of fused-ring (bicyclic) bond motifs is 1. The second-order valence-corrected chi connectivity index (χ2v) is 5.64. The fourth-order valence-corrected chi connectivity index (χ4v) is 2.48. The Kier molecular flexibility index (Phi) is 5.01. The van der Waals surface area contributed by atoms with Crippen LogP contribution >= 0.6 is 0 Å². The SMILES string of the molecule is COc1cc(CNC(=O)c2cn3ccc(C)cc3n2)ccc1OC(F)F. The van der Waals surface area contributed by atoms with Crippen LogP contribution in [0, 0.1) is 6.92 Å². The number of ether oxygens (including phenoxy) is 2. The lowest BCUT2D eigenvalue weighted by Crippen LogP contribution is -2.23. The zero-order valence-electron chi connectivity index (χ0n) is 14.2. The molecule has 136 valence electrons. The Balaban J connectivity index is 1.70. The lowest BCUT2D eigenvalue weighted by molar-refractivity contribution is -0.0512. The van der Waals surface area contributed by atoms with Crippen molar-refractivity contribution in [1.29, 1.82) is 0 Å². The summed E-state index contributed by atoms with van der Waals surface area (Å²) in [5.41, 5.74) is 2.70. The zero-order chi connectivity index (χ0) is 18.7. The molecular formula is C18H17F2N3O3. The van der Waals surface area contributed by atoms with E-state index < -0.39 is 6.61 Å². The maximum absolute atomic E-state index is 12.3. The summed E-state index contributed by atoms with van der Waals surface area (Å²) >= 11 is 0. The van der Waals surface area contributed by atoms with Crippen LogP contribution in [0.4, 0.5) is 8.78 Å². The Morgan fingerprint density at radius 3 is 2.81 bits per heavy atom. The van der Waals surface area contributed by atoms with E-state index in [-0.39, 0.29) is 24.0 Å². The van der Waals surface area contributed by atoms with E-state index in [2.05, 4.69) is 15.0 Å². The first-order valence-electron chi connectivity index (χ1n) is 7.81. The molecule has 0 bridgehead atoms. The van der Waals surface area contributed by atoms with Crippen molar-refractivity contribution in [3.63, 3.8) is 0 Å². The maximum Gasteiger partial charge on any atom is 0.387 e. The number of carbonyl (C=O) groups is 1. The number of pyridine rings is 1. The van der Waals surface area contributed by atoms with Gasteiger partial charge in [0.2, 0.25) is 0 Å². The molecule has 1 amide bonds. The number of methoxy groups -OCH3 is 1. The zero-order valence-corrected chi connectivity index (χ0v) is 14.2. The number of amides is 1. The van der Waals surface area contributed by atoms with Crippen LogP contribution < -0.4 is 14.8 Å². The van der Waals surface area contributed by atoms with Gasteiger partial charge in [-0.1, -0.05) is 6.07 Å². The second kappa shape index (κ2) is 7.38. The summed E-state index contributed by atoms with van der Waals surface area (Å²) in [6.07, 6.45) is 3.48. The van der Waals surface area contributed by atoms with E-state index in [0.29, 0.717) is 16.9 Å². The van der Waals surface area contributed by atoms with Crippen LogP contribution in [0.5, 0.6) is 11.5 Å². The highest BCUT2D eigenvalue weighted by atomic mass is 19.3. The molecule has 1 aromatic carbocycles. The molecule has 0 aliphatic heterocycles. The highest BCUT2D eigenvalue weighted by Crippen LogP contribution is 2.29. The monoisotopic (exact) mass is 361 g/mol. The fourth-order valence-electron chi connectivity index (χ4n) is 2.48. The summed E-state index contributed by atoms with van der Waals surface area (Å²) in [6, 6.07) is 8.29. The molecule has 0 saturated carbocycles. The third kappa shape index (κ3) is 3.90. The molecule has 6 nitrogen and oxygen atoms in total. The number of benzene rings is 1. The topological polar surface area (TPSA) is 64.9 Å². The fraction of sp³-hybridized carbons (Fsp3) is 0.222. The van der Waals surface area contributed by atoms with Crippen LogP contribution in [0.2, 0.25) is 0 Å². The number of hydrogen-bond donors (Lipinski definition) is 1. The minimum atomic E-state index is -2.94. The van der Waals surface area contributed by atoms with E-state index in [4.69, 9.17) is 4.74 Å². The molecule has 0 saturated heterocycles. The van der Waals surface area contributed by atoms with Gasteiger partial charge in [0, 0.05) is 18.9 Å². The number of nitrogens with one attached hydrogen (secondary N) is 1. The van der Waals surface area contributed by atoms with Crippen LogP contribution in [0.15, 0.2) is 42.7 Å². The van der Waals surface area contributed by atoms with E-state index in [1.165, 1.54) is 19.2 Å². The molecule has 0 spiro atoms. The number of aromatic nitrogens is 2. The van der Waals surface area contributed by atoms with Crippen LogP contribution in [-0.2, 0) is 6.54 Å². The highest BCUT2D eigenvalue weighted by molar-refractivity contribution is 5.92. The largest absolute Gasteiger partial charge is 0.493 e. The summed E-state index contributed by atoms with van der Waals surface area (Å²) in [5, 5.41) is 2.74. The van der Waals surface area contributed by atoms with Gasteiger partial charge in [-0.2, -0.15) is 8.78 Å². The Hall–Kier alpha value is -3.16. The first-order chi connectivity index (χ1) is 12.5. The summed E-state index contributed by atoms with van der Waals surface area (Å²) in [4.78, 5) is 16.6. The molecule has 0 atom stereocenters. The Morgan fingerprint density at radius 2 is 2.08 bits per heavy atom. The molecule has 3 aromatic rings. The van der Waals surface area contributed by atoms with Crippen molar-refractivity contribution in [3.05, 3.63) is 59.5 Å². The molecule has 26 heavy (non-hydrogen) atoms. The summed E-state index contributed by atoms with van der Waals surface area (Å²) in [7, 11) is 1.36. The number of halogens is 2. The number of alkyl halides is 2. The van der Waals surface area contributed by atoms with Gasteiger partial charge < -0.3 is 19.2 Å². The Bertz CT molecular complexity index is 941. The van der Waals surface area contributed by atoms with Gasteiger partial charge in [0.1, 0.15) is 11.3 Å². The van der Waals surface area contributed by atoms with Gasteiger partial charge >= 0.3 is 6.61 Å². The van der Waals surface area contributed by atoms with Gasteiger partial charge in [0.05, 0.1) is 7.11 Å². The quantitative estimate of drug-likeness (QED) is 0.732. The molecule has 2 aromatic heterocycles. The predicted octanol–water partition coefficient (Wildman–Crippen LogP) is 3.18. The summed E-state index contributed by atoms with van der Waals surface area (Å²) in [6.45, 7) is -0.798. The van der Waals surface area contributed by atoms with Crippen molar-refractivity contribution >= 4 is 11.6 Å². The van der Waals surface area contributed by atoms with E-state index in [1.54, 1.807) is 16.7 Å². The molecule has 0 aliphatic rings. The summed E-state index contributed by atoms with van der Waals surface area (Å²) < 4.78 is 35.9. The number of carbonyl (C=O) groups excluding carboxylic acids is 1. The van der Waals surface area contributed by atoms with Crippen molar-refractivity contribution < 1.29 is 23.0 Å². The van der Waals surface area contributed by atoms with Gasteiger partial charge in [-0.05, 0) is 42.3 Å². The minimum absolute atomic E-state index is 0.0618. The number of imidazole rings is 1. The average Bonchev–Trinajstić information content (AvgIpc) is 3.03. The van der Waals surface area contributed by atoms with Crippen molar-refractivity contribution in [1.82, 2.24) is 14.7 Å². The first-order valence-corrected chi connectivity index (χ1v) is 7.81. The third-order valence-electron chi connectivity index (χ3n) is 3.75. The van der Waals surface area contributed by atoms with Gasteiger partial charge in [0.15, 0.2) is 11.5 Å². The van der Waals surface area contributed by atoms with E-state index in [0.717, 1.165) is 5.56 Å². The highest BCUT2D eigenvalue weighted by Gasteiger charge is 2.13. The molecule has 2 heterocycles. The van der Waals surface area contributed by atoms with Gasteiger partial charge in [-0.15, -0.1) is 0 Å². The normalized spacial score (nSPS) is 11.0. The lowest BCUT2D eigenvalue weighted by atomic mass is 10.2. The van der Waals surface area contributed by atoms with Crippen LogP contribution in [0.1, 0.15) is 21.6 Å². The molecule has 0 fully saturated rings. The average molecular weight is 361 g/mol. The third-order valence-corrected chi connectivity index (χ3v) is 3.75. The van der Waals surface area contributed by atoms with Crippen molar-refractivity contribution in [2.45, 2.75) is 20.1 Å². The predicted molar refractivity (Wildman–Crippen MR) is 90.7 cm³/mol. The van der Waals surface area contributed by atoms with Gasteiger partial charge in [-0.25, -0.2) is 4.98 Å². The maximum atomic E-state index is 12.3. The standard InChI is InChI=1S/C18H17F2N3O3/c1-11-5-6-23-10-13(22-16(23)7-11)17(24)21-9-12-3-4-14(26-18(19)20)15(8-12)25-2/h3-8,10,18H,9H2,1-2H3,(H,21,24). The summed E-state index contributed by atoms with van der Waals surface area (Å²) in [5.74, 6) is -0.230.